The van der Waals surface area contributed by atoms with E-state index in [9.17, 15) is 4.79 Å². The first-order valence-electron chi connectivity index (χ1n) is 5.57. The van der Waals surface area contributed by atoms with E-state index in [1.807, 2.05) is 0 Å². The Morgan fingerprint density at radius 1 is 1.65 bits per heavy atom. The Balaban J connectivity index is 2.60. The SMILES string of the molecule is Cc1ncc(CN=C(N)NCC(C)C)c(=O)[nH]1. The van der Waals surface area contributed by atoms with Crippen molar-refractivity contribution < 1.29 is 0 Å². The van der Waals surface area contributed by atoms with Crippen LogP contribution in [0.4, 0.5) is 0 Å². The molecule has 1 rings (SSSR count). The number of hydrogen-bond donors (Lipinski definition) is 3. The van der Waals surface area contributed by atoms with Gasteiger partial charge < -0.3 is 16.0 Å². The second-order valence-corrected chi connectivity index (χ2v) is 4.30. The normalized spacial score (nSPS) is 11.9. The highest BCUT2D eigenvalue weighted by molar-refractivity contribution is 5.77. The lowest BCUT2D eigenvalue weighted by Gasteiger charge is -2.07. The molecule has 0 amide bonds. The lowest BCUT2D eigenvalue weighted by Crippen LogP contribution is -2.34. The summed E-state index contributed by atoms with van der Waals surface area (Å²) in [6, 6.07) is 0. The predicted octanol–water partition coefficient (Wildman–Crippen LogP) is 0.139. The molecule has 0 saturated heterocycles. The van der Waals surface area contributed by atoms with E-state index in [-0.39, 0.29) is 12.1 Å². The molecule has 17 heavy (non-hydrogen) atoms. The Morgan fingerprint density at radius 2 is 2.35 bits per heavy atom. The maximum absolute atomic E-state index is 11.5. The van der Waals surface area contributed by atoms with Crippen LogP contribution >= 0.6 is 0 Å². The Bertz CT molecular complexity index is 449. The van der Waals surface area contributed by atoms with Gasteiger partial charge in [0.15, 0.2) is 5.96 Å². The zero-order chi connectivity index (χ0) is 12.8. The molecule has 1 aromatic heterocycles. The third kappa shape index (κ3) is 4.67. The van der Waals surface area contributed by atoms with Gasteiger partial charge in [-0.1, -0.05) is 13.8 Å². The van der Waals surface area contributed by atoms with E-state index in [1.165, 1.54) is 6.20 Å². The van der Waals surface area contributed by atoms with Crippen molar-refractivity contribution in [3.05, 3.63) is 27.9 Å². The van der Waals surface area contributed by atoms with Gasteiger partial charge >= 0.3 is 0 Å². The van der Waals surface area contributed by atoms with Gasteiger partial charge in [-0.05, 0) is 12.8 Å². The van der Waals surface area contributed by atoms with E-state index < -0.39 is 0 Å². The minimum atomic E-state index is -0.169. The zero-order valence-corrected chi connectivity index (χ0v) is 10.4. The number of guanidine groups is 1. The van der Waals surface area contributed by atoms with Crippen LogP contribution in [0.15, 0.2) is 16.0 Å². The van der Waals surface area contributed by atoms with E-state index in [0.29, 0.717) is 23.3 Å². The predicted molar refractivity (Wildman–Crippen MR) is 67.8 cm³/mol. The number of hydrogen-bond acceptors (Lipinski definition) is 3. The summed E-state index contributed by atoms with van der Waals surface area (Å²) in [7, 11) is 0. The molecular formula is C11H19N5O. The molecule has 0 aliphatic rings. The van der Waals surface area contributed by atoms with Crippen LogP contribution in [0.5, 0.6) is 0 Å². The summed E-state index contributed by atoms with van der Waals surface area (Å²) in [4.78, 5) is 22.2. The molecule has 0 fully saturated rings. The number of nitrogens with two attached hydrogens (primary N) is 1. The largest absolute Gasteiger partial charge is 0.370 e. The van der Waals surface area contributed by atoms with Crippen LogP contribution in [0, 0.1) is 12.8 Å². The van der Waals surface area contributed by atoms with E-state index >= 15 is 0 Å². The fourth-order valence-corrected chi connectivity index (χ4v) is 1.16. The maximum atomic E-state index is 11.5. The van der Waals surface area contributed by atoms with Crippen LogP contribution in [0.1, 0.15) is 25.2 Å². The Labute approximate surface area is 100 Å². The topological polar surface area (TPSA) is 96.2 Å². The molecule has 0 aromatic carbocycles. The van der Waals surface area contributed by atoms with Crippen LogP contribution in [0.2, 0.25) is 0 Å². The Kier molecular flexibility index (Phi) is 4.68. The molecule has 0 bridgehead atoms. The quantitative estimate of drug-likeness (QED) is 0.512. The molecule has 0 spiro atoms. The second-order valence-electron chi connectivity index (χ2n) is 4.30. The van der Waals surface area contributed by atoms with Crippen molar-refractivity contribution in [1.29, 1.82) is 0 Å². The highest BCUT2D eigenvalue weighted by Gasteiger charge is 2.00. The third-order valence-electron chi connectivity index (χ3n) is 2.11. The molecule has 0 radical (unpaired) electrons. The summed E-state index contributed by atoms with van der Waals surface area (Å²) in [6.07, 6.45) is 1.52. The number of nitrogens with zero attached hydrogens (tertiary/aromatic N) is 2. The summed E-state index contributed by atoms with van der Waals surface area (Å²) >= 11 is 0. The zero-order valence-electron chi connectivity index (χ0n) is 10.4. The van der Waals surface area contributed by atoms with Crippen molar-refractivity contribution in [3.8, 4) is 0 Å². The molecule has 1 heterocycles. The summed E-state index contributed by atoms with van der Waals surface area (Å²) in [6.45, 7) is 6.88. The van der Waals surface area contributed by atoms with Gasteiger partial charge in [-0.25, -0.2) is 9.98 Å². The third-order valence-corrected chi connectivity index (χ3v) is 2.11. The number of aromatic nitrogens is 2. The molecule has 6 heteroatoms. The molecule has 0 aliphatic heterocycles. The van der Waals surface area contributed by atoms with Gasteiger partial charge in [0.2, 0.25) is 0 Å². The molecule has 0 unspecified atom stereocenters. The Morgan fingerprint density at radius 3 is 2.94 bits per heavy atom. The first kappa shape index (κ1) is 13.2. The molecular weight excluding hydrogens is 218 g/mol. The van der Waals surface area contributed by atoms with Gasteiger partial charge in [0.25, 0.3) is 5.56 Å². The fraction of sp³-hybridized carbons (Fsp3) is 0.545. The van der Waals surface area contributed by atoms with Gasteiger partial charge in [0.05, 0.1) is 12.1 Å². The molecule has 1 aromatic rings. The molecule has 0 saturated carbocycles. The van der Waals surface area contributed by atoms with Crippen molar-refractivity contribution in [2.45, 2.75) is 27.3 Å². The van der Waals surface area contributed by atoms with Crippen LogP contribution in [0.3, 0.4) is 0 Å². The maximum Gasteiger partial charge on any atom is 0.255 e. The van der Waals surface area contributed by atoms with E-state index in [0.717, 1.165) is 6.54 Å². The molecule has 0 aliphatic carbocycles. The second kappa shape index (κ2) is 6.03. The average Bonchev–Trinajstić information content (AvgIpc) is 2.25. The summed E-state index contributed by atoms with van der Waals surface area (Å²) < 4.78 is 0. The van der Waals surface area contributed by atoms with Crippen LogP contribution in [0.25, 0.3) is 0 Å². The number of aryl methyl sites for hydroxylation is 1. The lowest BCUT2D eigenvalue weighted by molar-refractivity contribution is 0.621. The molecule has 4 N–H and O–H groups in total. The minimum absolute atomic E-state index is 0.169. The summed E-state index contributed by atoms with van der Waals surface area (Å²) in [5.74, 6) is 1.43. The smallest absolute Gasteiger partial charge is 0.255 e. The highest BCUT2D eigenvalue weighted by atomic mass is 16.1. The summed E-state index contributed by atoms with van der Waals surface area (Å²) in [5.41, 5.74) is 5.99. The van der Waals surface area contributed by atoms with E-state index in [1.54, 1.807) is 6.92 Å². The highest BCUT2D eigenvalue weighted by Crippen LogP contribution is 1.92. The number of H-pyrrole nitrogens is 1. The lowest BCUT2D eigenvalue weighted by atomic mass is 10.2. The van der Waals surface area contributed by atoms with Crippen molar-refractivity contribution in [1.82, 2.24) is 15.3 Å². The first-order valence-corrected chi connectivity index (χ1v) is 5.57. The van der Waals surface area contributed by atoms with Crippen molar-refractivity contribution in [3.63, 3.8) is 0 Å². The van der Waals surface area contributed by atoms with Gasteiger partial charge in [-0.15, -0.1) is 0 Å². The monoisotopic (exact) mass is 237 g/mol. The minimum Gasteiger partial charge on any atom is -0.370 e. The fourth-order valence-electron chi connectivity index (χ4n) is 1.16. The Hall–Kier alpha value is -1.85. The van der Waals surface area contributed by atoms with Crippen molar-refractivity contribution in [2.24, 2.45) is 16.6 Å². The number of aromatic amines is 1. The van der Waals surface area contributed by atoms with Crippen molar-refractivity contribution in [2.75, 3.05) is 6.54 Å². The van der Waals surface area contributed by atoms with E-state index in [2.05, 4.69) is 34.1 Å². The van der Waals surface area contributed by atoms with Gasteiger partial charge in [0, 0.05) is 12.7 Å². The molecule has 6 nitrogen and oxygen atoms in total. The first-order chi connectivity index (χ1) is 7.99. The number of nitrogens with one attached hydrogen (secondary N) is 2. The van der Waals surface area contributed by atoms with Gasteiger partial charge in [0.1, 0.15) is 5.82 Å². The number of rotatable bonds is 4. The van der Waals surface area contributed by atoms with Crippen molar-refractivity contribution >= 4 is 5.96 Å². The van der Waals surface area contributed by atoms with Gasteiger partial charge in [-0.2, -0.15) is 0 Å². The summed E-state index contributed by atoms with van der Waals surface area (Å²) in [5, 5.41) is 2.98. The number of aliphatic imine (C=N–C) groups is 1. The molecule has 0 atom stereocenters. The molecule has 94 valence electrons. The standard InChI is InChI=1S/C11H19N5O/c1-7(2)4-14-11(12)15-6-9-5-13-8(3)16-10(9)17/h5,7H,4,6H2,1-3H3,(H3,12,14,15)(H,13,16,17). The average molecular weight is 237 g/mol. The van der Waals surface area contributed by atoms with Crippen LogP contribution < -0.4 is 16.6 Å². The van der Waals surface area contributed by atoms with Crippen LogP contribution in [-0.2, 0) is 6.54 Å². The van der Waals surface area contributed by atoms with Crippen LogP contribution in [-0.4, -0.2) is 22.5 Å². The van der Waals surface area contributed by atoms with Gasteiger partial charge in [-0.3, -0.25) is 4.79 Å². The van der Waals surface area contributed by atoms with E-state index in [4.69, 9.17) is 5.73 Å².